The summed E-state index contributed by atoms with van der Waals surface area (Å²) in [6.45, 7) is 0. The third-order valence-electron chi connectivity index (χ3n) is 2.80. The smallest absolute Gasteiger partial charge is 0.270 e. The van der Waals surface area contributed by atoms with Gasteiger partial charge < -0.3 is 0 Å². The second kappa shape index (κ2) is 4.86. The normalized spacial score (nSPS) is 12.1. The zero-order chi connectivity index (χ0) is 13.1. The molecule has 0 saturated heterocycles. The van der Waals surface area contributed by atoms with Crippen LogP contribution in [-0.2, 0) is 4.79 Å². The molecule has 0 spiro atoms. The van der Waals surface area contributed by atoms with E-state index in [1.165, 1.54) is 6.08 Å². The van der Waals surface area contributed by atoms with Crippen molar-refractivity contribution in [3.8, 4) is 0 Å². The van der Waals surface area contributed by atoms with Gasteiger partial charge in [0.1, 0.15) is 0 Å². The second-order valence-corrected chi connectivity index (χ2v) is 4.11. The number of para-hydroxylation sites is 2. The number of rotatable bonds is 0. The molecule has 0 aliphatic carbocycles. The summed E-state index contributed by atoms with van der Waals surface area (Å²) in [6, 6.07) is 15.5. The van der Waals surface area contributed by atoms with Crippen molar-refractivity contribution in [3.63, 3.8) is 0 Å². The zero-order valence-corrected chi connectivity index (χ0v) is 10.1. The largest absolute Gasteiger partial charge is 0.278 e. The van der Waals surface area contributed by atoms with Crippen LogP contribution in [0.4, 0.5) is 0 Å². The number of nitrogens with one attached hydrogen (secondary N) is 1. The summed E-state index contributed by atoms with van der Waals surface area (Å²) in [4.78, 5) is 14.4. The number of H-pyrrole nitrogens is 1. The van der Waals surface area contributed by atoms with Crippen LogP contribution in [0.3, 0.4) is 0 Å². The average molecular weight is 249 g/mol. The summed E-state index contributed by atoms with van der Waals surface area (Å²) in [7, 11) is 0. The maximum atomic E-state index is 10.7. The average Bonchev–Trinajstić information content (AvgIpc) is 3.03. The van der Waals surface area contributed by atoms with E-state index in [1.807, 2.05) is 54.7 Å². The van der Waals surface area contributed by atoms with Crippen LogP contribution < -0.4 is 10.6 Å². The van der Waals surface area contributed by atoms with Gasteiger partial charge >= 0.3 is 0 Å². The predicted molar refractivity (Wildman–Crippen MR) is 72.8 cm³/mol. The van der Waals surface area contributed by atoms with Crippen LogP contribution in [0, 0.1) is 0 Å². The summed E-state index contributed by atoms with van der Waals surface area (Å²) in [5.41, 5.74) is 1.09. The summed E-state index contributed by atoms with van der Waals surface area (Å²) >= 11 is 0. The van der Waals surface area contributed by atoms with Crippen molar-refractivity contribution in [2.45, 2.75) is 0 Å². The van der Waals surface area contributed by atoms with E-state index in [0.717, 1.165) is 21.5 Å². The maximum absolute atomic E-state index is 10.7. The van der Waals surface area contributed by atoms with Crippen LogP contribution in [0.15, 0.2) is 59.7 Å². The highest BCUT2D eigenvalue weighted by Gasteiger charge is 1.99. The van der Waals surface area contributed by atoms with Gasteiger partial charge in [0.2, 0.25) is 0 Å². The van der Waals surface area contributed by atoms with E-state index < -0.39 is 0 Å². The van der Waals surface area contributed by atoms with E-state index in [1.54, 1.807) is 0 Å². The zero-order valence-electron chi connectivity index (χ0n) is 10.1. The number of carbonyl (C=O) groups excluding carboxylic acids is 1. The quantitative estimate of drug-likeness (QED) is 0.650. The fraction of sp³-hybridized carbons (Fsp3) is 0. The van der Waals surface area contributed by atoms with Gasteiger partial charge in [-0.2, -0.15) is 5.10 Å². The molecule has 1 aromatic heterocycles. The fourth-order valence-electron chi connectivity index (χ4n) is 1.88. The summed E-state index contributed by atoms with van der Waals surface area (Å²) in [5, 5.41) is 9.62. The monoisotopic (exact) mass is 249 g/mol. The van der Waals surface area contributed by atoms with Crippen molar-refractivity contribution in [1.29, 1.82) is 0 Å². The van der Waals surface area contributed by atoms with Crippen LogP contribution in [0.5, 0.6) is 0 Å². The second-order valence-electron chi connectivity index (χ2n) is 4.11. The lowest BCUT2D eigenvalue weighted by molar-refractivity contribution is -0.112. The number of aromatic amines is 1. The molecule has 1 aliphatic rings. The van der Waals surface area contributed by atoms with Gasteiger partial charge in [-0.15, -0.1) is 0 Å². The van der Waals surface area contributed by atoms with E-state index >= 15 is 0 Å². The van der Waals surface area contributed by atoms with Gasteiger partial charge in [-0.1, -0.05) is 36.4 Å². The van der Waals surface area contributed by atoms with Crippen LogP contribution >= 0.6 is 0 Å². The number of amides is 1. The van der Waals surface area contributed by atoms with E-state index in [9.17, 15) is 4.79 Å². The van der Waals surface area contributed by atoms with E-state index in [2.05, 4.69) is 15.2 Å². The van der Waals surface area contributed by atoms with Crippen LogP contribution in [-0.4, -0.2) is 16.1 Å². The molecule has 0 radical (unpaired) electrons. The molecule has 19 heavy (non-hydrogen) atoms. The Morgan fingerprint density at radius 1 is 0.947 bits per heavy atom. The number of carbonyl (C=O) groups is 1. The predicted octanol–water partition coefficient (Wildman–Crippen LogP) is 1.19. The van der Waals surface area contributed by atoms with Gasteiger partial charge in [-0.3, -0.25) is 9.89 Å². The highest BCUT2D eigenvalue weighted by atomic mass is 16.1. The molecule has 0 unspecified atom stereocenters. The topological polar surface area (TPSA) is 58.1 Å². The Morgan fingerprint density at radius 3 is 2.58 bits per heavy atom. The summed E-state index contributed by atoms with van der Waals surface area (Å²) in [5.74, 6) is -0.152. The SMILES string of the molecule is O=C1C=c2ccccc2=N1.c1ccc2[nH]ncc2c1. The summed E-state index contributed by atoms with van der Waals surface area (Å²) in [6.07, 6.45) is 3.35. The molecule has 4 heteroatoms. The van der Waals surface area contributed by atoms with E-state index in [0.29, 0.717) is 0 Å². The Labute approximate surface area is 109 Å². The Bertz CT molecular complexity index is 782. The van der Waals surface area contributed by atoms with Crippen molar-refractivity contribution >= 4 is 22.9 Å². The molecule has 0 fully saturated rings. The molecule has 1 amide bonds. The first-order valence-corrected chi connectivity index (χ1v) is 5.90. The van der Waals surface area contributed by atoms with Gasteiger partial charge in [0, 0.05) is 16.7 Å². The number of hydrogen-bond donors (Lipinski definition) is 1. The molecule has 1 N–H and O–H groups in total. The van der Waals surface area contributed by atoms with Gasteiger partial charge in [0.05, 0.1) is 17.1 Å². The third-order valence-corrected chi connectivity index (χ3v) is 2.80. The highest BCUT2D eigenvalue weighted by molar-refractivity contribution is 6.06. The number of hydrogen-bond acceptors (Lipinski definition) is 2. The molecular formula is C15H11N3O. The van der Waals surface area contributed by atoms with Gasteiger partial charge in [-0.25, -0.2) is 4.99 Å². The molecule has 0 atom stereocenters. The van der Waals surface area contributed by atoms with Crippen molar-refractivity contribution in [2.24, 2.45) is 4.99 Å². The van der Waals surface area contributed by atoms with Crippen LogP contribution in [0.1, 0.15) is 0 Å². The van der Waals surface area contributed by atoms with E-state index in [4.69, 9.17) is 0 Å². The summed E-state index contributed by atoms with van der Waals surface area (Å²) < 4.78 is 0. The molecule has 3 aromatic rings. The molecule has 0 bridgehead atoms. The fourth-order valence-corrected chi connectivity index (χ4v) is 1.88. The maximum Gasteiger partial charge on any atom is 0.270 e. The van der Waals surface area contributed by atoms with Gasteiger partial charge in [0.15, 0.2) is 0 Å². The molecule has 1 aliphatic heterocycles. The van der Waals surface area contributed by atoms with Crippen LogP contribution in [0.2, 0.25) is 0 Å². The minimum atomic E-state index is -0.152. The van der Waals surface area contributed by atoms with Gasteiger partial charge in [-0.05, 0) is 12.1 Å². The molecule has 0 saturated carbocycles. The molecule has 2 aromatic carbocycles. The van der Waals surface area contributed by atoms with E-state index in [-0.39, 0.29) is 5.91 Å². The van der Waals surface area contributed by atoms with Crippen molar-refractivity contribution in [3.05, 3.63) is 65.3 Å². The first-order valence-electron chi connectivity index (χ1n) is 5.90. The van der Waals surface area contributed by atoms with Crippen LogP contribution in [0.25, 0.3) is 17.0 Å². The lowest BCUT2D eigenvalue weighted by Crippen LogP contribution is -2.19. The molecule has 4 nitrogen and oxygen atoms in total. The standard InChI is InChI=1S/C8H5NO.C7H6N2/c10-8-5-6-3-1-2-4-7(6)9-8;1-2-4-7-6(3-1)5-8-9-7/h1-5H;1-5H,(H,8,9). The Hall–Kier alpha value is -2.75. The van der Waals surface area contributed by atoms with Gasteiger partial charge in [0.25, 0.3) is 5.91 Å². The van der Waals surface area contributed by atoms with Crippen molar-refractivity contribution in [1.82, 2.24) is 10.2 Å². The number of fused-ring (bicyclic) bond motifs is 2. The number of aromatic nitrogens is 2. The lowest BCUT2D eigenvalue weighted by atomic mass is 10.3. The Balaban J connectivity index is 0.000000117. The first kappa shape index (κ1) is 11.3. The number of benzene rings is 2. The molecule has 2 heterocycles. The molecule has 4 rings (SSSR count). The first-order chi connectivity index (χ1) is 9.33. The minimum Gasteiger partial charge on any atom is -0.278 e. The lowest BCUT2D eigenvalue weighted by Gasteiger charge is -1.81. The van der Waals surface area contributed by atoms with Crippen molar-refractivity contribution in [2.75, 3.05) is 0 Å². The minimum absolute atomic E-state index is 0.152. The Kier molecular flexibility index (Phi) is 2.90. The molecular weight excluding hydrogens is 238 g/mol. The Morgan fingerprint density at radius 2 is 1.74 bits per heavy atom. The van der Waals surface area contributed by atoms with Crippen molar-refractivity contribution < 1.29 is 4.79 Å². The third kappa shape index (κ3) is 2.42. The molecule has 92 valence electrons. The number of nitrogens with zero attached hydrogens (tertiary/aromatic N) is 2. The highest BCUT2D eigenvalue weighted by Crippen LogP contribution is 2.06.